The Kier molecular flexibility index (Phi) is 3.32. The second kappa shape index (κ2) is 5.13. The highest BCUT2D eigenvalue weighted by Gasteiger charge is 2.26. The third kappa shape index (κ3) is 2.12. The number of ether oxygens (including phenoxy) is 1. The highest BCUT2D eigenvalue weighted by atomic mass is 79.9. The Morgan fingerprint density at radius 1 is 1.10 bits per heavy atom. The van der Waals surface area contributed by atoms with Crippen LogP contribution in [0.25, 0.3) is 10.1 Å². The molecule has 0 spiro atoms. The zero-order chi connectivity index (χ0) is 14.1. The number of hydrogen-bond donors (Lipinski definition) is 1. The Bertz CT molecular complexity index is 705. The van der Waals surface area contributed by atoms with E-state index in [2.05, 4.69) is 21.2 Å². The summed E-state index contributed by atoms with van der Waals surface area (Å²) in [6.07, 6.45) is 0. The van der Waals surface area contributed by atoms with Crippen molar-refractivity contribution in [2.45, 2.75) is 0 Å². The van der Waals surface area contributed by atoms with E-state index in [1.54, 1.807) is 7.11 Å². The van der Waals surface area contributed by atoms with Crippen molar-refractivity contribution >= 4 is 37.6 Å². The molecule has 0 saturated heterocycles. The molecule has 0 bridgehead atoms. The number of rotatable bonds is 2. The highest BCUT2D eigenvalue weighted by Crippen LogP contribution is 2.39. The van der Waals surface area contributed by atoms with Gasteiger partial charge in [-0.1, -0.05) is 30.3 Å². The van der Waals surface area contributed by atoms with Crippen molar-refractivity contribution < 1.29 is 9.53 Å². The summed E-state index contributed by atoms with van der Waals surface area (Å²) in [7, 11) is 1.63. The van der Waals surface area contributed by atoms with Crippen molar-refractivity contribution in [3.8, 4) is 5.75 Å². The minimum absolute atomic E-state index is 0.0890. The number of carbonyl (C=O) groups excluding carboxylic acids is 1. The van der Waals surface area contributed by atoms with Crippen LogP contribution >= 0.6 is 15.9 Å². The number of nitrogens with one attached hydrogen (secondary N) is 1. The lowest BCUT2D eigenvalue weighted by atomic mass is 10.0. The largest absolute Gasteiger partial charge is 0.497 e. The molecule has 100 valence electrons. The minimum Gasteiger partial charge on any atom is -0.497 e. The van der Waals surface area contributed by atoms with E-state index in [4.69, 9.17) is 4.74 Å². The molecule has 2 aromatic carbocycles. The summed E-state index contributed by atoms with van der Waals surface area (Å²) < 4.78 is 5.92. The summed E-state index contributed by atoms with van der Waals surface area (Å²) >= 11 is 3.55. The molecule has 1 N–H and O–H groups in total. The Labute approximate surface area is 125 Å². The molecule has 1 heterocycles. The van der Waals surface area contributed by atoms with Crippen molar-refractivity contribution in [1.29, 1.82) is 0 Å². The molecule has 20 heavy (non-hydrogen) atoms. The van der Waals surface area contributed by atoms with Crippen LogP contribution in [0.15, 0.2) is 48.5 Å². The molecule has 1 amide bonds. The van der Waals surface area contributed by atoms with E-state index in [0.717, 1.165) is 27.0 Å². The SMILES string of the molecule is COc1ccc(C(Br)=C2C(=O)Nc3ccccc32)cc1. The first-order valence-electron chi connectivity index (χ1n) is 6.15. The molecule has 3 rings (SSSR count). The maximum atomic E-state index is 12.1. The van der Waals surface area contributed by atoms with Crippen LogP contribution in [0.4, 0.5) is 5.69 Å². The topological polar surface area (TPSA) is 38.3 Å². The lowest BCUT2D eigenvalue weighted by molar-refractivity contribution is -0.110. The van der Waals surface area contributed by atoms with Crippen LogP contribution in [0, 0.1) is 0 Å². The Morgan fingerprint density at radius 2 is 1.80 bits per heavy atom. The van der Waals surface area contributed by atoms with Crippen LogP contribution in [0.1, 0.15) is 11.1 Å². The molecule has 0 fully saturated rings. The molecule has 0 aliphatic carbocycles. The summed E-state index contributed by atoms with van der Waals surface area (Å²) in [6, 6.07) is 15.2. The number of methoxy groups -OCH3 is 1. The van der Waals surface area contributed by atoms with Crippen LogP contribution in [0.5, 0.6) is 5.75 Å². The number of fused-ring (bicyclic) bond motifs is 1. The number of anilines is 1. The van der Waals surface area contributed by atoms with E-state index in [0.29, 0.717) is 5.57 Å². The van der Waals surface area contributed by atoms with Gasteiger partial charge < -0.3 is 10.1 Å². The zero-order valence-electron chi connectivity index (χ0n) is 10.8. The second-order valence-electron chi connectivity index (χ2n) is 4.42. The number of halogens is 1. The van der Waals surface area contributed by atoms with Gasteiger partial charge in [0.2, 0.25) is 0 Å². The fourth-order valence-electron chi connectivity index (χ4n) is 2.22. The van der Waals surface area contributed by atoms with Crippen molar-refractivity contribution in [2.24, 2.45) is 0 Å². The highest BCUT2D eigenvalue weighted by molar-refractivity contribution is 9.15. The summed E-state index contributed by atoms with van der Waals surface area (Å²) in [5, 5.41) is 2.87. The molecule has 0 aromatic heterocycles. The zero-order valence-corrected chi connectivity index (χ0v) is 12.4. The van der Waals surface area contributed by atoms with Crippen molar-refractivity contribution in [2.75, 3.05) is 12.4 Å². The van der Waals surface area contributed by atoms with Crippen molar-refractivity contribution in [1.82, 2.24) is 0 Å². The Hall–Kier alpha value is -2.07. The van der Waals surface area contributed by atoms with E-state index < -0.39 is 0 Å². The van der Waals surface area contributed by atoms with E-state index in [-0.39, 0.29) is 5.91 Å². The van der Waals surface area contributed by atoms with Crippen LogP contribution < -0.4 is 10.1 Å². The van der Waals surface area contributed by atoms with E-state index in [1.165, 1.54) is 0 Å². The number of carbonyl (C=O) groups is 1. The average molecular weight is 330 g/mol. The summed E-state index contributed by atoms with van der Waals surface area (Å²) in [5.41, 5.74) is 3.36. The molecule has 0 saturated carbocycles. The van der Waals surface area contributed by atoms with Crippen LogP contribution in [-0.2, 0) is 4.79 Å². The number of para-hydroxylation sites is 1. The molecule has 2 aromatic rings. The van der Waals surface area contributed by atoms with Crippen LogP contribution in [0.3, 0.4) is 0 Å². The average Bonchev–Trinajstić information content (AvgIpc) is 2.82. The first-order valence-corrected chi connectivity index (χ1v) is 6.95. The van der Waals surface area contributed by atoms with Gasteiger partial charge in [0, 0.05) is 15.7 Å². The molecule has 0 radical (unpaired) electrons. The standard InChI is InChI=1S/C16H12BrNO2/c1-20-11-8-6-10(7-9-11)15(17)14-12-4-2-3-5-13(12)18-16(14)19/h2-9H,1H3,(H,18,19). The molecule has 1 aliphatic heterocycles. The molecular weight excluding hydrogens is 318 g/mol. The summed E-state index contributed by atoms with van der Waals surface area (Å²) in [5.74, 6) is 0.698. The van der Waals surface area contributed by atoms with Crippen molar-refractivity contribution in [3.05, 3.63) is 59.7 Å². The summed E-state index contributed by atoms with van der Waals surface area (Å²) in [4.78, 5) is 12.1. The van der Waals surface area contributed by atoms with Gasteiger partial charge in [-0.3, -0.25) is 4.79 Å². The molecule has 3 nitrogen and oxygen atoms in total. The predicted octanol–water partition coefficient (Wildman–Crippen LogP) is 3.91. The molecule has 0 atom stereocenters. The number of amides is 1. The lowest BCUT2D eigenvalue weighted by Gasteiger charge is -2.05. The van der Waals surface area contributed by atoms with Crippen LogP contribution in [-0.4, -0.2) is 13.0 Å². The van der Waals surface area contributed by atoms with Gasteiger partial charge in [0.15, 0.2) is 0 Å². The van der Waals surface area contributed by atoms with Gasteiger partial charge >= 0.3 is 0 Å². The minimum atomic E-state index is -0.0890. The van der Waals surface area contributed by atoms with E-state index >= 15 is 0 Å². The van der Waals surface area contributed by atoms with E-state index in [1.807, 2.05) is 48.5 Å². The molecule has 4 heteroatoms. The van der Waals surface area contributed by atoms with Gasteiger partial charge in [-0.2, -0.15) is 0 Å². The lowest BCUT2D eigenvalue weighted by Crippen LogP contribution is -2.04. The van der Waals surface area contributed by atoms with Gasteiger partial charge in [-0.25, -0.2) is 0 Å². The quantitative estimate of drug-likeness (QED) is 0.848. The monoisotopic (exact) mass is 329 g/mol. The predicted molar refractivity (Wildman–Crippen MR) is 83.8 cm³/mol. The third-order valence-electron chi connectivity index (χ3n) is 3.23. The Morgan fingerprint density at radius 3 is 2.50 bits per heavy atom. The fraction of sp³-hybridized carbons (Fsp3) is 0.0625. The van der Waals surface area contributed by atoms with Gasteiger partial charge in [0.25, 0.3) is 5.91 Å². The fourth-order valence-corrected chi connectivity index (χ4v) is 2.87. The smallest absolute Gasteiger partial charge is 0.257 e. The van der Waals surface area contributed by atoms with Crippen molar-refractivity contribution in [3.63, 3.8) is 0 Å². The van der Waals surface area contributed by atoms with Crippen LogP contribution in [0.2, 0.25) is 0 Å². The maximum absolute atomic E-state index is 12.1. The van der Waals surface area contributed by atoms with Gasteiger partial charge in [0.1, 0.15) is 5.75 Å². The van der Waals surface area contributed by atoms with Gasteiger partial charge in [0.05, 0.1) is 12.7 Å². The summed E-state index contributed by atoms with van der Waals surface area (Å²) in [6.45, 7) is 0. The molecule has 1 aliphatic rings. The number of benzene rings is 2. The van der Waals surface area contributed by atoms with Gasteiger partial charge in [-0.05, 0) is 39.7 Å². The first kappa shape index (κ1) is 12.9. The van der Waals surface area contributed by atoms with E-state index in [9.17, 15) is 4.79 Å². The Balaban J connectivity index is 2.11. The molecular formula is C16H12BrNO2. The second-order valence-corrected chi connectivity index (χ2v) is 5.21. The third-order valence-corrected chi connectivity index (χ3v) is 4.09. The molecule has 0 unspecified atom stereocenters. The number of hydrogen-bond acceptors (Lipinski definition) is 2. The normalized spacial score (nSPS) is 15.6. The maximum Gasteiger partial charge on any atom is 0.257 e. The first-order chi connectivity index (χ1) is 9.70. The van der Waals surface area contributed by atoms with Gasteiger partial charge in [-0.15, -0.1) is 0 Å².